The number of fused-ring (bicyclic) bond motifs is 3. The Balaban J connectivity index is 1.14. The fourth-order valence-corrected chi connectivity index (χ4v) is 5.83. The molecule has 0 bridgehead atoms. The van der Waals surface area contributed by atoms with Crippen LogP contribution in [0.1, 0.15) is 91.1 Å². The van der Waals surface area contributed by atoms with E-state index in [-0.39, 0.29) is 54.6 Å². The van der Waals surface area contributed by atoms with Crippen LogP contribution >= 0.6 is 0 Å². The summed E-state index contributed by atoms with van der Waals surface area (Å²) in [4.78, 5) is 73.6. The number of carbonyl (C=O) groups excluding carboxylic acids is 6. The Kier molecular flexibility index (Phi) is 14.0. The molecule has 56 heavy (non-hydrogen) atoms. The third-order valence-electron chi connectivity index (χ3n) is 8.72. The largest absolute Gasteiger partial charge is 0.463 e. The summed E-state index contributed by atoms with van der Waals surface area (Å²) in [5.74, 6) is -3.02. The van der Waals surface area contributed by atoms with Gasteiger partial charge in [-0.2, -0.15) is 0 Å². The molecule has 12 nitrogen and oxygen atoms in total. The summed E-state index contributed by atoms with van der Waals surface area (Å²) in [5.41, 5.74) is 4.43. The molecule has 4 aromatic rings. The van der Waals surface area contributed by atoms with Gasteiger partial charge >= 0.3 is 35.8 Å². The summed E-state index contributed by atoms with van der Waals surface area (Å²) < 4.78 is 31.8. The molecule has 1 aliphatic carbocycles. The number of hydrogen-bond acceptors (Lipinski definition) is 12. The van der Waals surface area contributed by atoms with Crippen LogP contribution in [0.15, 0.2) is 110 Å². The third kappa shape index (κ3) is 10.7. The van der Waals surface area contributed by atoms with Gasteiger partial charge in [-0.15, -0.1) is 0 Å². The predicted octanol–water partition coefficient (Wildman–Crippen LogP) is 7.59. The molecular weight excluding hydrogens is 720 g/mol. The van der Waals surface area contributed by atoms with E-state index in [2.05, 4.69) is 13.2 Å². The zero-order valence-corrected chi connectivity index (χ0v) is 30.8. The van der Waals surface area contributed by atoms with Gasteiger partial charge in [0.05, 0.1) is 48.7 Å². The van der Waals surface area contributed by atoms with Crippen molar-refractivity contribution in [2.24, 2.45) is 0 Å². The zero-order valence-electron chi connectivity index (χ0n) is 30.8. The van der Waals surface area contributed by atoms with Crippen LogP contribution < -0.4 is 9.47 Å². The van der Waals surface area contributed by atoms with Crippen molar-refractivity contribution in [3.05, 3.63) is 144 Å². The maximum absolute atomic E-state index is 13.1. The van der Waals surface area contributed by atoms with Crippen LogP contribution in [-0.2, 0) is 28.5 Å². The topological polar surface area (TPSA) is 158 Å². The number of esters is 6. The van der Waals surface area contributed by atoms with Gasteiger partial charge in [0.15, 0.2) is 0 Å². The first-order valence-corrected chi connectivity index (χ1v) is 17.9. The van der Waals surface area contributed by atoms with Crippen molar-refractivity contribution in [3.8, 4) is 22.6 Å². The van der Waals surface area contributed by atoms with E-state index in [4.69, 9.17) is 28.4 Å². The molecule has 4 aromatic carbocycles. The van der Waals surface area contributed by atoms with E-state index < -0.39 is 35.8 Å². The van der Waals surface area contributed by atoms with Gasteiger partial charge in [-0.3, -0.25) is 0 Å². The lowest BCUT2D eigenvalue weighted by Crippen LogP contribution is -2.12. The SMILES string of the molecule is C=CC(=O)OCCCCOC(=O)c1cccc(C(=O)Oc2ccc3c(c2)C(C)c2cc(OC(=O)c4cccc(C(=O)OCCCCOC(=O)C=C)c4)ccc2-3)c1. The smallest absolute Gasteiger partial charge is 0.343 e. The van der Waals surface area contributed by atoms with Crippen molar-refractivity contribution in [1.29, 1.82) is 0 Å². The normalized spacial score (nSPS) is 11.3. The number of rotatable bonds is 18. The minimum Gasteiger partial charge on any atom is -0.463 e. The Morgan fingerprint density at radius 3 is 1.23 bits per heavy atom. The van der Waals surface area contributed by atoms with Crippen molar-refractivity contribution in [2.45, 2.75) is 38.5 Å². The summed E-state index contributed by atoms with van der Waals surface area (Å²) in [6, 6.07) is 22.8. The predicted molar refractivity (Wildman–Crippen MR) is 204 cm³/mol. The minimum atomic E-state index is -0.651. The highest BCUT2D eigenvalue weighted by molar-refractivity contribution is 5.97. The van der Waals surface area contributed by atoms with Crippen LogP contribution in [0.5, 0.6) is 11.5 Å². The Labute approximate surface area is 323 Å². The molecule has 0 radical (unpaired) electrons. The summed E-state index contributed by atoms with van der Waals surface area (Å²) in [5, 5.41) is 0. The minimum absolute atomic E-state index is 0.118. The van der Waals surface area contributed by atoms with E-state index in [0.717, 1.165) is 34.4 Å². The zero-order chi connectivity index (χ0) is 40.0. The molecule has 0 aromatic heterocycles. The van der Waals surface area contributed by atoms with E-state index >= 15 is 0 Å². The molecule has 0 saturated heterocycles. The maximum atomic E-state index is 13.1. The summed E-state index contributed by atoms with van der Waals surface area (Å²) in [6.07, 6.45) is 4.15. The first-order chi connectivity index (χ1) is 27.1. The Hall–Kier alpha value is -6.82. The van der Waals surface area contributed by atoms with Crippen LogP contribution in [-0.4, -0.2) is 62.2 Å². The summed E-state index contributed by atoms with van der Waals surface area (Å²) >= 11 is 0. The highest BCUT2D eigenvalue weighted by Gasteiger charge is 2.27. The van der Waals surface area contributed by atoms with Crippen LogP contribution in [0, 0.1) is 0 Å². The van der Waals surface area contributed by atoms with Gasteiger partial charge in [-0.1, -0.05) is 44.3 Å². The van der Waals surface area contributed by atoms with E-state index in [1.54, 1.807) is 48.5 Å². The first-order valence-electron chi connectivity index (χ1n) is 17.9. The van der Waals surface area contributed by atoms with Crippen LogP contribution in [0.2, 0.25) is 0 Å². The Morgan fingerprint density at radius 1 is 0.500 bits per heavy atom. The van der Waals surface area contributed by atoms with Gasteiger partial charge in [0.1, 0.15) is 11.5 Å². The van der Waals surface area contributed by atoms with Crippen molar-refractivity contribution in [3.63, 3.8) is 0 Å². The summed E-state index contributed by atoms with van der Waals surface area (Å²) in [7, 11) is 0. The maximum Gasteiger partial charge on any atom is 0.343 e. The van der Waals surface area contributed by atoms with Crippen LogP contribution in [0.3, 0.4) is 0 Å². The van der Waals surface area contributed by atoms with E-state index in [9.17, 15) is 28.8 Å². The van der Waals surface area contributed by atoms with Gasteiger partial charge in [-0.25, -0.2) is 28.8 Å². The first kappa shape index (κ1) is 40.4. The molecule has 0 saturated carbocycles. The fraction of sp³-hybridized carbons (Fsp3) is 0.227. The fourth-order valence-electron chi connectivity index (χ4n) is 5.83. The Bertz CT molecular complexity index is 2000. The molecule has 0 aliphatic heterocycles. The second kappa shape index (κ2) is 19.5. The molecule has 12 heteroatoms. The lowest BCUT2D eigenvalue weighted by atomic mass is 9.99. The molecule has 0 fully saturated rings. The lowest BCUT2D eigenvalue weighted by molar-refractivity contribution is -0.138. The molecule has 0 spiro atoms. The molecule has 0 heterocycles. The number of unbranched alkanes of at least 4 members (excludes halogenated alkanes) is 2. The van der Waals surface area contributed by atoms with Gasteiger partial charge in [0, 0.05) is 18.1 Å². The summed E-state index contributed by atoms with van der Waals surface area (Å²) in [6.45, 7) is 9.27. The second-order valence-corrected chi connectivity index (χ2v) is 12.6. The molecule has 5 rings (SSSR count). The van der Waals surface area contributed by atoms with E-state index in [0.29, 0.717) is 37.2 Å². The van der Waals surface area contributed by atoms with E-state index in [1.165, 1.54) is 24.3 Å². The number of benzene rings is 4. The van der Waals surface area contributed by atoms with Gasteiger partial charge in [-0.05, 0) is 109 Å². The van der Waals surface area contributed by atoms with E-state index in [1.807, 2.05) is 19.1 Å². The molecule has 1 aliphatic rings. The number of carbonyl (C=O) groups is 6. The molecule has 0 unspecified atom stereocenters. The van der Waals surface area contributed by atoms with Crippen molar-refractivity contribution in [2.75, 3.05) is 26.4 Å². The highest BCUT2D eigenvalue weighted by atomic mass is 16.6. The monoisotopic (exact) mass is 760 g/mol. The van der Waals surface area contributed by atoms with Gasteiger partial charge in [0.2, 0.25) is 0 Å². The van der Waals surface area contributed by atoms with Gasteiger partial charge < -0.3 is 28.4 Å². The average Bonchev–Trinajstić information content (AvgIpc) is 3.49. The van der Waals surface area contributed by atoms with Crippen molar-refractivity contribution >= 4 is 35.8 Å². The number of hydrogen-bond donors (Lipinski definition) is 0. The standard InChI is InChI=1S/C44H40O12/c1-4-39(45)51-20-6-8-22-53-41(47)29-12-10-14-31(24-29)43(49)55-33-16-18-35-36-19-17-34(27-38(36)28(3)37(35)26-33)56-44(50)32-15-11-13-30(25-32)42(48)54-23-9-7-21-52-40(46)5-2/h4-5,10-19,24-28H,1-2,6-9,20-23H2,3H3. The highest BCUT2D eigenvalue weighted by Crippen LogP contribution is 2.47. The molecule has 0 amide bonds. The van der Waals surface area contributed by atoms with Crippen LogP contribution in [0.4, 0.5) is 0 Å². The molecule has 0 N–H and O–H groups in total. The van der Waals surface area contributed by atoms with Gasteiger partial charge in [0.25, 0.3) is 0 Å². The van der Waals surface area contributed by atoms with Crippen LogP contribution in [0.25, 0.3) is 11.1 Å². The molecule has 0 atom stereocenters. The third-order valence-corrected chi connectivity index (χ3v) is 8.72. The Morgan fingerprint density at radius 2 is 0.857 bits per heavy atom. The lowest BCUT2D eigenvalue weighted by Gasteiger charge is -2.11. The van der Waals surface area contributed by atoms with Crippen molar-refractivity contribution < 1.29 is 57.2 Å². The molecule has 288 valence electrons. The number of ether oxygens (including phenoxy) is 6. The second-order valence-electron chi connectivity index (χ2n) is 12.6. The molecular formula is C44H40O12. The average molecular weight is 761 g/mol. The van der Waals surface area contributed by atoms with Crippen molar-refractivity contribution in [1.82, 2.24) is 0 Å². The quantitative estimate of drug-likeness (QED) is 0.0322.